The minimum atomic E-state index is -0.855. The van der Waals surface area contributed by atoms with Crippen LogP contribution in [-0.2, 0) is 16.1 Å². The first-order valence-electron chi connectivity index (χ1n) is 12.3. The summed E-state index contributed by atoms with van der Waals surface area (Å²) in [5.74, 6) is 2.72. The van der Waals surface area contributed by atoms with Crippen molar-refractivity contribution in [1.82, 2.24) is 24.3 Å². The van der Waals surface area contributed by atoms with Gasteiger partial charge in [0, 0.05) is 24.0 Å². The van der Waals surface area contributed by atoms with E-state index in [0.29, 0.717) is 25.5 Å². The normalized spacial score (nSPS) is 16.9. The number of rotatable bonds is 6. The van der Waals surface area contributed by atoms with E-state index in [-0.39, 0.29) is 12.0 Å². The van der Waals surface area contributed by atoms with Crippen LogP contribution in [-0.4, -0.2) is 61.6 Å². The molecule has 0 spiro atoms. The highest BCUT2D eigenvalue weighted by Crippen LogP contribution is 2.36. The Morgan fingerprint density at radius 3 is 2.81 bits per heavy atom. The van der Waals surface area contributed by atoms with Crippen molar-refractivity contribution in [3.8, 4) is 28.7 Å². The molecular formula is C26H31N7O3. The lowest BCUT2D eigenvalue weighted by Gasteiger charge is -2.24. The van der Waals surface area contributed by atoms with Crippen LogP contribution in [0, 0.1) is 12.3 Å². The van der Waals surface area contributed by atoms with E-state index < -0.39 is 11.6 Å². The monoisotopic (exact) mass is 489 g/mol. The maximum atomic E-state index is 12.4. The standard InChI is InChI=1S/C26H31N7O3/c1-7-35-25(34)26(5,6)24-27-13-19(30-24)17-8-9-18-21(12-17)36-11-10-32-14-20(29-22(18)32)23-28-16(4)31-33(23)15(2)3/h8-9,12-15,24H,7,10-11H2,1-6H3. The lowest BCUT2D eigenvalue weighted by atomic mass is 9.90. The summed E-state index contributed by atoms with van der Waals surface area (Å²) in [5.41, 5.74) is 2.40. The van der Waals surface area contributed by atoms with Crippen molar-refractivity contribution in [3.05, 3.63) is 35.8 Å². The Kier molecular flexibility index (Phi) is 5.97. The molecule has 0 aliphatic carbocycles. The lowest BCUT2D eigenvalue weighted by molar-refractivity contribution is -0.154. The predicted octanol–water partition coefficient (Wildman–Crippen LogP) is 3.88. The van der Waals surface area contributed by atoms with Gasteiger partial charge in [0.25, 0.3) is 0 Å². The van der Waals surface area contributed by atoms with Crippen LogP contribution in [0.25, 0.3) is 22.9 Å². The number of aryl methyl sites for hydroxylation is 1. The Balaban J connectivity index is 1.47. The van der Waals surface area contributed by atoms with Crippen molar-refractivity contribution in [2.45, 2.75) is 60.3 Å². The van der Waals surface area contributed by atoms with Crippen molar-refractivity contribution >= 4 is 17.9 Å². The topological polar surface area (TPSA) is 109 Å². The molecule has 0 N–H and O–H groups in total. The van der Waals surface area contributed by atoms with Gasteiger partial charge in [0.1, 0.15) is 35.1 Å². The molecule has 3 aromatic rings. The number of aromatic nitrogens is 5. The molecule has 5 rings (SSSR count). The summed E-state index contributed by atoms with van der Waals surface area (Å²) in [4.78, 5) is 31.2. The number of esters is 1. The molecule has 1 aromatic carbocycles. The Hall–Kier alpha value is -3.82. The number of carbonyl (C=O) groups is 1. The van der Waals surface area contributed by atoms with Crippen LogP contribution in [0.1, 0.15) is 52.0 Å². The van der Waals surface area contributed by atoms with Crippen LogP contribution in [0.4, 0.5) is 0 Å². The summed E-state index contributed by atoms with van der Waals surface area (Å²) < 4.78 is 15.3. The molecule has 10 nitrogen and oxygen atoms in total. The smallest absolute Gasteiger partial charge is 0.315 e. The second kappa shape index (κ2) is 9.00. The number of carbonyl (C=O) groups excluding carboxylic acids is 1. The van der Waals surface area contributed by atoms with Crippen LogP contribution in [0.3, 0.4) is 0 Å². The predicted molar refractivity (Wildman–Crippen MR) is 137 cm³/mol. The van der Waals surface area contributed by atoms with E-state index in [0.717, 1.165) is 40.0 Å². The quantitative estimate of drug-likeness (QED) is 0.486. The molecule has 0 saturated carbocycles. The SMILES string of the molecule is CCOC(=O)C(C)(C)C1N=CC(c2ccc3c(c2)OCCn2cc(-c4nc(C)nn4C(C)C)nc2-3)=N1. The number of aliphatic imine (C=N–C) groups is 2. The average Bonchev–Trinajstić information content (AvgIpc) is 3.56. The van der Waals surface area contributed by atoms with E-state index >= 15 is 0 Å². The van der Waals surface area contributed by atoms with Crippen LogP contribution >= 0.6 is 0 Å². The van der Waals surface area contributed by atoms with Crippen molar-refractivity contribution in [2.24, 2.45) is 15.4 Å². The zero-order valence-electron chi connectivity index (χ0n) is 21.5. The van der Waals surface area contributed by atoms with Gasteiger partial charge in [-0.05, 0) is 53.7 Å². The van der Waals surface area contributed by atoms with Gasteiger partial charge in [-0.25, -0.2) is 14.6 Å². The zero-order chi connectivity index (χ0) is 25.6. The fraction of sp³-hybridized carbons (Fsp3) is 0.462. The molecule has 36 heavy (non-hydrogen) atoms. The van der Waals surface area contributed by atoms with Gasteiger partial charge in [0.05, 0.1) is 24.4 Å². The van der Waals surface area contributed by atoms with Gasteiger partial charge in [-0.3, -0.25) is 14.8 Å². The van der Waals surface area contributed by atoms with Crippen molar-refractivity contribution in [1.29, 1.82) is 0 Å². The van der Waals surface area contributed by atoms with Gasteiger partial charge in [-0.1, -0.05) is 6.07 Å². The fourth-order valence-corrected chi connectivity index (χ4v) is 4.37. The Morgan fingerprint density at radius 1 is 1.25 bits per heavy atom. The van der Waals surface area contributed by atoms with Crippen LogP contribution in [0.2, 0.25) is 0 Å². The molecule has 188 valence electrons. The third-order valence-electron chi connectivity index (χ3n) is 6.39. The molecule has 1 unspecified atom stereocenters. The second-order valence-corrected chi connectivity index (χ2v) is 9.83. The molecule has 0 amide bonds. The summed E-state index contributed by atoms with van der Waals surface area (Å²) in [7, 11) is 0. The minimum absolute atomic E-state index is 0.173. The number of fused-ring (bicyclic) bond motifs is 3. The van der Waals surface area contributed by atoms with E-state index in [1.807, 2.05) is 36.0 Å². The third kappa shape index (κ3) is 4.10. The highest BCUT2D eigenvalue weighted by Gasteiger charge is 2.40. The highest BCUT2D eigenvalue weighted by atomic mass is 16.5. The zero-order valence-corrected chi connectivity index (χ0v) is 21.5. The van der Waals surface area contributed by atoms with E-state index in [2.05, 4.69) is 33.5 Å². The summed E-state index contributed by atoms with van der Waals surface area (Å²) in [6.07, 6.45) is 3.19. The van der Waals surface area contributed by atoms with Gasteiger partial charge in [-0.2, -0.15) is 5.10 Å². The number of nitrogens with zero attached hydrogens (tertiary/aromatic N) is 7. The molecular weight excluding hydrogens is 458 g/mol. The van der Waals surface area contributed by atoms with Crippen molar-refractivity contribution < 1.29 is 14.3 Å². The lowest BCUT2D eigenvalue weighted by Crippen LogP contribution is -2.35. The van der Waals surface area contributed by atoms with E-state index in [1.54, 1.807) is 27.0 Å². The van der Waals surface area contributed by atoms with Gasteiger partial charge >= 0.3 is 5.97 Å². The molecule has 4 heterocycles. The van der Waals surface area contributed by atoms with Crippen molar-refractivity contribution in [3.63, 3.8) is 0 Å². The summed E-state index contributed by atoms with van der Waals surface area (Å²) in [6.45, 7) is 12.9. The third-order valence-corrected chi connectivity index (χ3v) is 6.39. The van der Waals surface area contributed by atoms with Crippen LogP contribution in [0.15, 0.2) is 34.4 Å². The van der Waals surface area contributed by atoms with Crippen LogP contribution in [0.5, 0.6) is 5.75 Å². The summed E-state index contributed by atoms with van der Waals surface area (Å²) in [6, 6.07) is 6.12. The number of hydrogen-bond acceptors (Lipinski definition) is 8. The number of ether oxygens (including phenoxy) is 2. The maximum absolute atomic E-state index is 12.4. The van der Waals surface area contributed by atoms with E-state index in [9.17, 15) is 4.79 Å². The number of hydrogen-bond donors (Lipinski definition) is 0. The summed E-state index contributed by atoms with van der Waals surface area (Å²) >= 11 is 0. The molecule has 2 aromatic heterocycles. The fourth-order valence-electron chi connectivity index (χ4n) is 4.37. The molecule has 2 aliphatic rings. The summed E-state index contributed by atoms with van der Waals surface area (Å²) in [5, 5.41) is 4.53. The van der Waals surface area contributed by atoms with Gasteiger partial charge in [0.15, 0.2) is 12.0 Å². The first-order valence-corrected chi connectivity index (χ1v) is 12.3. The second-order valence-electron chi connectivity index (χ2n) is 9.83. The molecule has 0 radical (unpaired) electrons. The average molecular weight is 490 g/mol. The molecule has 0 saturated heterocycles. The van der Waals surface area contributed by atoms with Crippen LogP contribution < -0.4 is 4.74 Å². The van der Waals surface area contributed by atoms with Gasteiger partial charge < -0.3 is 14.0 Å². The minimum Gasteiger partial charge on any atom is -0.491 e. The van der Waals surface area contributed by atoms with Crippen molar-refractivity contribution in [2.75, 3.05) is 13.2 Å². The molecule has 1 atom stereocenters. The first-order chi connectivity index (χ1) is 17.2. The molecule has 2 aliphatic heterocycles. The first kappa shape index (κ1) is 23.9. The largest absolute Gasteiger partial charge is 0.491 e. The van der Waals surface area contributed by atoms with Gasteiger partial charge in [0.2, 0.25) is 0 Å². The van der Waals surface area contributed by atoms with E-state index in [4.69, 9.17) is 19.5 Å². The van der Waals surface area contributed by atoms with E-state index in [1.165, 1.54) is 0 Å². The highest BCUT2D eigenvalue weighted by molar-refractivity contribution is 6.39. The Morgan fingerprint density at radius 2 is 2.06 bits per heavy atom. The Bertz CT molecular complexity index is 1380. The molecule has 10 heteroatoms. The number of imidazole rings is 1. The molecule has 0 fully saturated rings. The Labute approximate surface area is 210 Å². The number of benzene rings is 1. The molecule has 0 bridgehead atoms. The van der Waals surface area contributed by atoms with Gasteiger partial charge in [-0.15, -0.1) is 0 Å². The maximum Gasteiger partial charge on any atom is 0.315 e.